The van der Waals surface area contributed by atoms with Crippen LogP contribution in [0.2, 0.25) is 0 Å². The van der Waals surface area contributed by atoms with Crippen molar-refractivity contribution in [2.75, 3.05) is 0 Å². The Morgan fingerprint density at radius 3 is 3.20 bits per heavy atom. The molecule has 0 heteroatoms. The molecule has 2 unspecified atom stereocenters. The van der Waals surface area contributed by atoms with Crippen LogP contribution in [-0.4, -0.2) is 0 Å². The third kappa shape index (κ3) is 0.828. The summed E-state index contributed by atoms with van der Waals surface area (Å²) in [6.07, 6.45) is 10.9. The molecule has 0 spiro atoms. The van der Waals surface area contributed by atoms with Gasteiger partial charge in [-0.1, -0.05) is 30.7 Å². The molecule has 0 bridgehead atoms. The summed E-state index contributed by atoms with van der Waals surface area (Å²) in [5.41, 5.74) is 1.70. The van der Waals surface area contributed by atoms with Gasteiger partial charge in [0.25, 0.3) is 0 Å². The minimum absolute atomic E-state index is 0.907. The van der Waals surface area contributed by atoms with Gasteiger partial charge in [-0.25, -0.2) is 0 Å². The largest absolute Gasteiger partial charge is 0.0839 e. The summed E-state index contributed by atoms with van der Waals surface area (Å²) in [5.74, 6) is 1.85. The fraction of sp³-hybridized carbons (Fsp3) is 0.600. The maximum absolute atomic E-state index is 2.38. The van der Waals surface area contributed by atoms with Crippen molar-refractivity contribution in [3.05, 3.63) is 23.8 Å². The van der Waals surface area contributed by atoms with Gasteiger partial charge in [-0.15, -0.1) is 0 Å². The fourth-order valence-corrected chi connectivity index (χ4v) is 2.15. The molecular weight excluding hydrogens is 120 g/mol. The number of rotatable bonds is 0. The summed E-state index contributed by atoms with van der Waals surface area (Å²) in [6.45, 7) is 2.38. The van der Waals surface area contributed by atoms with E-state index >= 15 is 0 Å². The summed E-state index contributed by atoms with van der Waals surface area (Å²) >= 11 is 0. The predicted octanol–water partition coefficient (Wildman–Crippen LogP) is 2.92. The van der Waals surface area contributed by atoms with Crippen molar-refractivity contribution in [2.24, 2.45) is 11.8 Å². The van der Waals surface area contributed by atoms with Gasteiger partial charge in [0, 0.05) is 0 Å². The molecule has 0 heterocycles. The molecule has 1 saturated carbocycles. The molecule has 2 aliphatic carbocycles. The molecular formula is C10H14. The molecule has 0 aromatic rings. The average molecular weight is 134 g/mol. The van der Waals surface area contributed by atoms with Gasteiger partial charge < -0.3 is 0 Å². The Hall–Kier alpha value is -0.520. The maximum Gasteiger partial charge on any atom is -0.0140 e. The van der Waals surface area contributed by atoms with Crippen LogP contribution in [0.3, 0.4) is 0 Å². The fourth-order valence-electron chi connectivity index (χ4n) is 2.15. The molecule has 0 radical (unpaired) electrons. The molecule has 10 heavy (non-hydrogen) atoms. The lowest BCUT2D eigenvalue weighted by Gasteiger charge is -2.16. The van der Waals surface area contributed by atoms with Gasteiger partial charge in [0.15, 0.2) is 0 Å². The standard InChI is InChI=1S/C10H14/c1-8-6-7-9-4-2-3-5-10(8)9/h2-4,8,10H,5-7H2,1H3. The molecule has 2 rings (SSSR count). The van der Waals surface area contributed by atoms with Gasteiger partial charge >= 0.3 is 0 Å². The third-order valence-corrected chi connectivity index (χ3v) is 2.89. The lowest BCUT2D eigenvalue weighted by atomic mass is 9.89. The summed E-state index contributed by atoms with van der Waals surface area (Å²) in [7, 11) is 0. The van der Waals surface area contributed by atoms with Crippen LogP contribution >= 0.6 is 0 Å². The molecule has 0 N–H and O–H groups in total. The number of allylic oxidation sites excluding steroid dienone is 4. The predicted molar refractivity (Wildman–Crippen MR) is 43.7 cm³/mol. The first-order chi connectivity index (χ1) is 4.88. The Kier molecular flexibility index (Phi) is 1.40. The van der Waals surface area contributed by atoms with Crippen LogP contribution in [0, 0.1) is 11.8 Å². The zero-order valence-corrected chi connectivity index (χ0v) is 6.51. The van der Waals surface area contributed by atoms with Gasteiger partial charge in [0.05, 0.1) is 0 Å². The molecule has 54 valence electrons. The molecule has 0 aromatic heterocycles. The highest BCUT2D eigenvalue weighted by Gasteiger charge is 2.27. The number of fused-ring (bicyclic) bond motifs is 1. The van der Waals surface area contributed by atoms with E-state index in [0.717, 1.165) is 11.8 Å². The van der Waals surface area contributed by atoms with E-state index in [9.17, 15) is 0 Å². The van der Waals surface area contributed by atoms with Gasteiger partial charge in [0.1, 0.15) is 0 Å². The summed E-state index contributed by atoms with van der Waals surface area (Å²) in [6, 6.07) is 0. The molecule has 0 nitrogen and oxygen atoms in total. The van der Waals surface area contributed by atoms with Crippen molar-refractivity contribution in [3.8, 4) is 0 Å². The highest BCUT2D eigenvalue weighted by Crippen LogP contribution is 2.40. The van der Waals surface area contributed by atoms with Crippen molar-refractivity contribution in [2.45, 2.75) is 26.2 Å². The SMILES string of the molecule is CC1CCC2=CC=CCC21. The third-order valence-electron chi connectivity index (χ3n) is 2.89. The number of hydrogen-bond donors (Lipinski definition) is 0. The van der Waals surface area contributed by atoms with Crippen molar-refractivity contribution in [1.82, 2.24) is 0 Å². The Morgan fingerprint density at radius 2 is 2.40 bits per heavy atom. The highest BCUT2D eigenvalue weighted by atomic mass is 14.3. The first kappa shape index (κ1) is 6.21. The van der Waals surface area contributed by atoms with Gasteiger partial charge in [-0.2, -0.15) is 0 Å². The van der Waals surface area contributed by atoms with Crippen molar-refractivity contribution in [3.63, 3.8) is 0 Å². The van der Waals surface area contributed by atoms with Crippen LogP contribution in [0.15, 0.2) is 23.8 Å². The molecule has 0 aromatic carbocycles. The van der Waals surface area contributed by atoms with E-state index in [4.69, 9.17) is 0 Å². The minimum Gasteiger partial charge on any atom is -0.0839 e. The van der Waals surface area contributed by atoms with Gasteiger partial charge in [-0.3, -0.25) is 0 Å². The summed E-state index contributed by atoms with van der Waals surface area (Å²) < 4.78 is 0. The minimum atomic E-state index is 0.907. The van der Waals surface area contributed by atoms with E-state index in [1.54, 1.807) is 5.57 Å². The second kappa shape index (κ2) is 2.26. The first-order valence-corrected chi connectivity index (χ1v) is 4.23. The highest BCUT2D eigenvalue weighted by molar-refractivity contribution is 5.24. The molecule has 2 atom stereocenters. The van der Waals surface area contributed by atoms with Crippen LogP contribution in [0.25, 0.3) is 0 Å². The van der Waals surface area contributed by atoms with Gasteiger partial charge in [-0.05, 0) is 31.1 Å². The monoisotopic (exact) mass is 134 g/mol. The zero-order valence-electron chi connectivity index (χ0n) is 6.51. The normalized spacial score (nSPS) is 37.5. The van der Waals surface area contributed by atoms with E-state index in [1.807, 2.05) is 0 Å². The van der Waals surface area contributed by atoms with Gasteiger partial charge in [0.2, 0.25) is 0 Å². The Bertz CT molecular complexity index is 186. The van der Waals surface area contributed by atoms with Crippen LogP contribution in [0.4, 0.5) is 0 Å². The molecule has 0 saturated heterocycles. The van der Waals surface area contributed by atoms with E-state index in [1.165, 1.54) is 19.3 Å². The smallest absolute Gasteiger partial charge is 0.0140 e. The molecule has 1 fully saturated rings. The maximum atomic E-state index is 2.38. The molecule has 0 amide bonds. The van der Waals surface area contributed by atoms with Crippen LogP contribution < -0.4 is 0 Å². The molecule has 2 aliphatic rings. The Labute approximate surface area is 62.6 Å². The van der Waals surface area contributed by atoms with E-state index in [2.05, 4.69) is 25.2 Å². The second-order valence-electron chi connectivity index (χ2n) is 3.53. The summed E-state index contributed by atoms with van der Waals surface area (Å²) in [4.78, 5) is 0. The van der Waals surface area contributed by atoms with Crippen molar-refractivity contribution in [1.29, 1.82) is 0 Å². The second-order valence-corrected chi connectivity index (χ2v) is 3.53. The van der Waals surface area contributed by atoms with Crippen LogP contribution in [-0.2, 0) is 0 Å². The Balaban J connectivity index is 2.23. The van der Waals surface area contributed by atoms with E-state index < -0.39 is 0 Å². The zero-order chi connectivity index (χ0) is 6.97. The quantitative estimate of drug-likeness (QED) is 0.478. The summed E-state index contributed by atoms with van der Waals surface area (Å²) in [5, 5.41) is 0. The van der Waals surface area contributed by atoms with Crippen molar-refractivity contribution < 1.29 is 0 Å². The average Bonchev–Trinajstić information content (AvgIpc) is 2.34. The Morgan fingerprint density at radius 1 is 1.50 bits per heavy atom. The van der Waals surface area contributed by atoms with Crippen molar-refractivity contribution >= 4 is 0 Å². The first-order valence-electron chi connectivity index (χ1n) is 4.23. The molecule has 0 aliphatic heterocycles. The van der Waals surface area contributed by atoms with Crippen LogP contribution in [0.1, 0.15) is 26.2 Å². The lowest BCUT2D eigenvalue weighted by molar-refractivity contribution is 0.461. The van der Waals surface area contributed by atoms with Crippen LogP contribution in [0.5, 0.6) is 0 Å². The topological polar surface area (TPSA) is 0 Å². The van der Waals surface area contributed by atoms with E-state index in [0.29, 0.717) is 0 Å². The van der Waals surface area contributed by atoms with E-state index in [-0.39, 0.29) is 0 Å². The lowest BCUT2D eigenvalue weighted by Crippen LogP contribution is -2.05. The number of hydrogen-bond acceptors (Lipinski definition) is 0.